The maximum absolute atomic E-state index is 12.2. The van der Waals surface area contributed by atoms with Crippen molar-refractivity contribution in [1.82, 2.24) is 5.32 Å². The number of hydrogen-bond donors (Lipinski definition) is 1. The fourth-order valence-corrected chi connectivity index (χ4v) is 3.58. The van der Waals surface area contributed by atoms with Crippen molar-refractivity contribution in [3.05, 3.63) is 59.7 Å². The molecule has 0 spiro atoms. The van der Waals surface area contributed by atoms with Crippen LogP contribution in [0.1, 0.15) is 25.0 Å². The Morgan fingerprint density at radius 1 is 1.11 bits per heavy atom. The van der Waals surface area contributed by atoms with E-state index in [-0.39, 0.29) is 17.3 Å². The van der Waals surface area contributed by atoms with Crippen LogP contribution in [0.15, 0.2) is 58.7 Å². The van der Waals surface area contributed by atoms with Gasteiger partial charge < -0.3 is 14.8 Å². The summed E-state index contributed by atoms with van der Waals surface area (Å²) < 4.78 is 10.8. The zero-order valence-electron chi connectivity index (χ0n) is 16.1. The Kier molecular flexibility index (Phi) is 6.71. The first kappa shape index (κ1) is 19.9. The van der Waals surface area contributed by atoms with Crippen molar-refractivity contribution in [2.45, 2.75) is 31.6 Å². The molecule has 1 unspecified atom stereocenters. The van der Waals surface area contributed by atoms with Gasteiger partial charge in [0.25, 0.3) is 0 Å². The van der Waals surface area contributed by atoms with Crippen LogP contribution in [-0.4, -0.2) is 35.8 Å². The average Bonchev–Trinajstić information content (AvgIpc) is 3.02. The minimum Gasteiger partial charge on any atom is -0.497 e. The Balaban J connectivity index is 1.56. The molecule has 1 aliphatic rings. The zero-order valence-corrected chi connectivity index (χ0v) is 16.9. The summed E-state index contributed by atoms with van der Waals surface area (Å²) in [6, 6.07) is 15.3. The van der Waals surface area contributed by atoms with E-state index >= 15 is 0 Å². The normalized spacial score (nSPS) is 18.1. The summed E-state index contributed by atoms with van der Waals surface area (Å²) in [5.74, 6) is 1.57. The number of nitrogens with one attached hydrogen (secondary N) is 1. The van der Waals surface area contributed by atoms with Crippen LogP contribution in [0.5, 0.6) is 11.5 Å². The molecule has 28 heavy (non-hydrogen) atoms. The molecule has 1 atom stereocenters. The van der Waals surface area contributed by atoms with E-state index in [9.17, 15) is 4.79 Å². The SMILES string of the molecule is COc1ccc(CC2SC(=NN=Cc3ccc(OC(C)C)cc3)NC2=O)cc1. The molecule has 1 aliphatic heterocycles. The van der Waals surface area contributed by atoms with Gasteiger partial charge in [-0.2, -0.15) is 5.10 Å². The lowest BCUT2D eigenvalue weighted by atomic mass is 10.1. The van der Waals surface area contributed by atoms with Crippen LogP contribution in [0.3, 0.4) is 0 Å². The monoisotopic (exact) mass is 397 g/mol. The van der Waals surface area contributed by atoms with E-state index in [0.29, 0.717) is 11.6 Å². The molecular weight excluding hydrogens is 374 g/mol. The van der Waals surface area contributed by atoms with Crippen molar-refractivity contribution in [1.29, 1.82) is 0 Å². The molecule has 1 fully saturated rings. The summed E-state index contributed by atoms with van der Waals surface area (Å²) in [6.45, 7) is 3.97. The van der Waals surface area contributed by atoms with E-state index in [2.05, 4.69) is 15.5 Å². The van der Waals surface area contributed by atoms with Crippen LogP contribution >= 0.6 is 11.8 Å². The van der Waals surface area contributed by atoms with E-state index in [1.165, 1.54) is 11.8 Å². The third kappa shape index (κ3) is 5.60. The molecule has 0 saturated carbocycles. The smallest absolute Gasteiger partial charge is 0.239 e. The molecule has 2 aromatic carbocycles. The second-order valence-corrected chi connectivity index (χ2v) is 7.72. The predicted octanol–water partition coefficient (Wildman–Crippen LogP) is 3.65. The fourth-order valence-electron chi connectivity index (χ4n) is 2.61. The second-order valence-electron chi connectivity index (χ2n) is 6.53. The van der Waals surface area contributed by atoms with Crippen molar-refractivity contribution >= 4 is 29.1 Å². The second kappa shape index (κ2) is 9.41. The fraction of sp³-hybridized carbons (Fsp3) is 0.286. The molecule has 0 aliphatic carbocycles. The number of carbonyl (C=O) groups excluding carboxylic acids is 1. The number of hydrogen-bond acceptors (Lipinski definition) is 6. The Hall–Kier alpha value is -2.80. The van der Waals surface area contributed by atoms with E-state index in [1.54, 1.807) is 13.3 Å². The van der Waals surface area contributed by atoms with Gasteiger partial charge in [0.1, 0.15) is 11.5 Å². The molecule has 6 nitrogen and oxygen atoms in total. The van der Waals surface area contributed by atoms with Gasteiger partial charge in [0.2, 0.25) is 5.91 Å². The number of ether oxygens (including phenoxy) is 2. The summed E-state index contributed by atoms with van der Waals surface area (Å²) in [5.41, 5.74) is 1.98. The van der Waals surface area contributed by atoms with Crippen molar-refractivity contribution in [3.63, 3.8) is 0 Å². The molecule has 1 saturated heterocycles. The van der Waals surface area contributed by atoms with Gasteiger partial charge in [0.15, 0.2) is 5.17 Å². The van der Waals surface area contributed by atoms with Crippen LogP contribution in [0.25, 0.3) is 0 Å². The van der Waals surface area contributed by atoms with Gasteiger partial charge >= 0.3 is 0 Å². The summed E-state index contributed by atoms with van der Waals surface area (Å²) in [4.78, 5) is 12.2. The number of nitrogens with zero attached hydrogens (tertiary/aromatic N) is 2. The van der Waals surface area contributed by atoms with Crippen LogP contribution in [0.4, 0.5) is 0 Å². The first-order valence-electron chi connectivity index (χ1n) is 9.01. The maximum atomic E-state index is 12.2. The molecule has 1 heterocycles. The van der Waals surface area contributed by atoms with Crippen molar-refractivity contribution in [2.75, 3.05) is 7.11 Å². The Morgan fingerprint density at radius 2 is 1.79 bits per heavy atom. The molecule has 3 rings (SSSR count). The minimum atomic E-state index is -0.213. The number of rotatable bonds is 7. The molecule has 1 N–H and O–H groups in total. The van der Waals surface area contributed by atoms with Crippen LogP contribution in [-0.2, 0) is 11.2 Å². The Labute approximate surface area is 169 Å². The van der Waals surface area contributed by atoms with Gasteiger partial charge in [-0.1, -0.05) is 23.9 Å². The van der Waals surface area contributed by atoms with Crippen molar-refractivity contribution < 1.29 is 14.3 Å². The summed E-state index contributed by atoms with van der Waals surface area (Å²) >= 11 is 1.39. The highest BCUT2D eigenvalue weighted by atomic mass is 32.2. The highest BCUT2D eigenvalue weighted by Gasteiger charge is 2.30. The van der Waals surface area contributed by atoms with E-state index in [1.807, 2.05) is 62.4 Å². The highest BCUT2D eigenvalue weighted by molar-refractivity contribution is 8.15. The lowest BCUT2D eigenvalue weighted by molar-refractivity contribution is -0.118. The van der Waals surface area contributed by atoms with E-state index in [0.717, 1.165) is 22.6 Å². The minimum absolute atomic E-state index is 0.0510. The lowest BCUT2D eigenvalue weighted by Gasteiger charge is -2.08. The number of benzene rings is 2. The van der Waals surface area contributed by atoms with Crippen LogP contribution < -0.4 is 14.8 Å². The summed E-state index contributed by atoms with van der Waals surface area (Å²) in [5, 5.41) is 11.3. The number of amidine groups is 1. The summed E-state index contributed by atoms with van der Waals surface area (Å²) in [7, 11) is 1.63. The Morgan fingerprint density at radius 3 is 2.43 bits per heavy atom. The molecule has 7 heteroatoms. The van der Waals surface area contributed by atoms with Gasteiger partial charge in [0, 0.05) is 0 Å². The number of methoxy groups -OCH3 is 1. The quantitative estimate of drug-likeness (QED) is 0.572. The molecule has 0 bridgehead atoms. The Bertz CT molecular complexity index is 861. The zero-order chi connectivity index (χ0) is 19.9. The van der Waals surface area contributed by atoms with Gasteiger partial charge in [0.05, 0.1) is 24.7 Å². The van der Waals surface area contributed by atoms with E-state index in [4.69, 9.17) is 9.47 Å². The molecule has 1 amide bonds. The first-order valence-corrected chi connectivity index (χ1v) is 9.89. The van der Waals surface area contributed by atoms with Gasteiger partial charge in [-0.3, -0.25) is 4.79 Å². The molecule has 2 aromatic rings. The third-order valence-corrected chi connectivity index (χ3v) is 5.04. The van der Waals surface area contributed by atoms with Gasteiger partial charge in [-0.25, -0.2) is 0 Å². The number of thioether (sulfide) groups is 1. The number of amides is 1. The van der Waals surface area contributed by atoms with Crippen LogP contribution in [0, 0.1) is 0 Å². The molecule has 146 valence electrons. The maximum Gasteiger partial charge on any atom is 0.239 e. The summed E-state index contributed by atoms with van der Waals surface area (Å²) in [6.07, 6.45) is 2.41. The van der Waals surface area contributed by atoms with Gasteiger partial charge in [-0.05, 0) is 67.8 Å². The molecule has 0 radical (unpaired) electrons. The van der Waals surface area contributed by atoms with E-state index < -0.39 is 0 Å². The van der Waals surface area contributed by atoms with Crippen molar-refractivity contribution in [3.8, 4) is 11.5 Å². The third-order valence-electron chi connectivity index (χ3n) is 3.96. The average molecular weight is 398 g/mol. The standard InChI is InChI=1S/C21H23N3O3S/c1-14(2)27-18-10-6-16(7-11-18)13-22-24-21-23-20(25)19(28-21)12-15-4-8-17(26-3)9-5-15/h4-11,13-14,19H,12H2,1-3H3,(H,23,24,25). The first-order chi connectivity index (χ1) is 13.5. The van der Waals surface area contributed by atoms with Crippen molar-refractivity contribution in [2.24, 2.45) is 10.2 Å². The van der Waals surface area contributed by atoms with Crippen LogP contribution in [0.2, 0.25) is 0 Å². The number of carbonyl (C=O) groups is 1. The van der Waals surface area contributed by atoms with Gasteiger partial charge in [-0.15, -0.1) is 5.10 Å². The molecular formula is C21H23N3O3S. The lowest BCUT2D eigenvalue weighted by Crippen LogP contribution is -2.25. The topological polar surface area (TPSA) is 72.3 Å². The predicted molar refractivity (Wildman–Crippen MR) is 113 cm³/mol. The highest BCUT2D eigenvalue weighted by Crippen LogP contribution is 2.24. The largest absolute Gasteiger partial charge is 0.497 e. The molecule has 0 aromatic heterocycles.